The van der Waals surface area contributed by atoms with Crippen LogP contribution in [0, 0.1) is 25.7 Å². The van der Waals surface area contributed by atoms with Crippen molar-refractivity contribution < 1.29 is 14.3 Å². The van der Waals surface area contributed by atoms with Gasteiger partial charge in [0, 0.05) is 17.4 Å². The summed E-state index contributed by atoms with van der Waals surface area (Å²) in [5.41, 5.74) is 1.60. The Morgan fingerprint density at radius 3 is 2.74 bits per heavy atom. The molecule has 1 N–H and O–H groups in total. The highest BCUT2D eigenvalue weighted by Crippen LogP contribution is 2.29. The smallest absolute Gasteiger partial charge is 0.379 e. The van der Waals surface area contributed by atoms with Crippen molar-refractivity contribution in [2.45, 2.75) is 66.0 Å². The standard InChI is InChI=1S/C19H27N5O3/c1-10-7-6-8-15(13(10)4)21-17(25)14(5)27-18(26)16-22-19-20-11(2)9-12(3)24(19)23-16/h9-10,13-15H,6-8H2,1-5H3,(H,21,25)/t10-,13-,14-,15-/m0/s1. The molecule has 2 aromatic rings. The minimum Gasteiger partial charge on any atom is -0.447 e. The zero-order valence-electron chi connectivity index (χ0n) is 16.5. The highest BCUT2D eigenvalue weighted by molar-refractivity contribution is 5.89. The maximum atomic E-state index is 12.5. The summed E-state index contributed by atoms with van der Waals surface area (Å²) in [6, 6.07) is 1.96. The van der Waals surface area contributed by atoms with Crippen LogP contribution in [0.3, 0.4) is 0 Å². The Morgan fingerprint density at radius 2 is 2.00 bits per heavy atom. The van der Waals surface area contributed by atoms with Gasteiger partial charge in [-0.15, -0.1) is 5.10 Å². The van der Waals surface area contributed by atoms with Crippen LogP contribution in [0.2, 0.25) is 0 Å². The molecule has 2 aromatic heterocycles. The Morgan fingerprint density at radius 1 is 1.26 bits per heavy atom. The van der Waals surface area contributed by atoms with Crippen LogP contribution < -0.4 is 5.32 Å². The van der Waals surface area contributed by atoms with Crippen molar-refractivity contribution in [2.24, 2.45) is 11.8 Å². The maximum absolute atomic E-state index is 12.5. The van der Waals surface area contributed by atoms with Gasteiger partial charge in [0.1, 0.15) is 0 Å². The van der Waals surface area contributed by atoms with E-state index in [-0.39, 0.29) is 17.8 Å². The van der Waals surface area contributed by atoms with Crippen LogP contribution in [0.25, 0.3) is 5.78 Å². The van der Waals surface area contributed by atoms with E-state index < -0.39 is 12.1 Å². The van der Waals surface area contributed by atoms with E-state index in [2.05, 4.69) is 34.2 Å². The van der Waals surface area contributed by atoms with Gasteiger partial charge in [-0.05, 0) is 45.1 Å². The molecule has 1 aliphatic rings. The monoisotopic (exact) mass is 373 g/mol. The number of carbonyl (C=O) groups excluding carboxylic acids is 2. The fourth-order valence-electron chi connectivity index (χ4n) is 3.61. The molecule has 1 aliphatic carbocycles. The average molecular weight is 373 g/mol. The third-order valence-electron chi connectivity index (χ3n) is 5.49. The number of aromatic nitrogens is 4. The van der Waals surface area contributed by atoms with E-state index in [9.17, 15) is 9.59 Å². The molecule has 1 amide bonds. The Kier molecular flexibility index (Phi) is 5.43. The Balaban J connectivity index is 1.65. The molecule has 1 saturated carbocycles. The Bertz CT molecular complexity index is 862. The van der Waals surface area contributed by atoms with Crippen molar-refractivity contribution in [3.8, 4) is 0 Å². The topological polar surface area (TPSA) is 98.5 Å². The normalized spacial score (nSPS) is 23.8. The van der Waals surface area contributed by atoms with Crippen LogP contribution in [0.5, 0.6) is 0 Å². The zero-order valence-corrected chi connectivity index (χ0v) is 16.5. The summed E-state index contributed by atoms with van der Waals surface area (Å²) in [6.07, 6.45) is 2.33. The number of aryl methyl sites for hydroxylation is 2. The molecule has 0 bridgehead atoms. The molecule has 0 unspecified atom stereocenters. The van der Waals surface area contributed by atoms with Crippen LogP contribution in [0.4, 0.5) is 0 Å². The number of hydrogen-bond donors (Lipinski definition) is 1. The van der Waals surface area contributed by atoms with Gasteiger partial charge in [0.15, 0.2) is 6.10 Å². The Labute approximate surface area is 158 Å². The number of esters is 1. The Hall–Kier alpha value is -2.51. The van der Waals surface area contributed by atoms with Crippen molar-refractivity contribution in [1.82, 2.24) is 24.9 Å². The molecular formula is C19H27N5O3. The van der Waals surface area contributed by atoms with E-state index in [1.807, 2.05) is 19.9 Å². The first-order valence-electron chi connectivity index (χ1n) is 9.48. The van der Waals surface area contributed by atoms with Crippen LogP contribution in [-0.2, 0) is 9.53 Å². The van der Waals surface area contributed by atoms with Gasteiger partial charge in [0.05, 0.1) is 0 Å². The van der Waals surface area contributed by atoms with Gasteiger partial charge < -0.3 is 10.1 Å². The number of fused-ring (bicyclic) bond motifs is 1. The van der Waals surface area contributed by atoms with Crippen LogP contribution in [0.1, 0.15) is 62.0 Å². The van der Waals surface area contributed by atoms with Crippen molar-refractivity contribution in [3.05, 3.63) is 23.3 Å². The number of rotatable bonds is 4. The lowest BCUT2D eigenvalue weighted by atomic mass is 9.78. The molecule has 2 heterocycles. The zero-order chi connectivity index (χ0) is 19.7. The van der Waals surface area contributed by atoms with E-state index >= 15 is 0 Å². The molecule has 0 aliphatic heterocycles. The van der Waals surface area contributed by atoms with Crippen molar-refractivity contribution in [1.29, 1.82) is 0 Å². The average Bonchev–Trinajstić information content (AvgIpc) is 3.03. The first-order valence-corrected chi connectivity index (χ1v) is 9.48. The molecule has 1 fully saturated rings. The number of nitrogens with zero attached hydrogens (tertiary/aromatic N) is 4. The van der Waals surface area contributed by atoms with Gasteiger partial charge in [-0.2, -0.15) is 4.98 Å². The maximum Gasteiger partial charge on any atom is 0.379 e. The predicted octanol–water partition coefficient (Wildman–Crippen LogP) is 2.23. The SMILES string of the molecule is Cc1cc(C)n2nc(C(=O)O[C@@H](C)C(=O)N[C@H]3CCC[C@H](C)[C@@H]3C)nc2n1. The third kappa shape index (κ3) is 4.09. The quantitative estimate of drug-likeness (QED) is 0.825. The highest BCUT2D eigenvalue weighted by atomic mass is 16.5. The van der Waals surface area contributed by atoms with E-state index in [1.54, 1.807) is 6.92 Å². The molecule has 0 radical (unpaired) electrons. The van der Waals surface area contributed by atoms with Crippen molar-refractivity contribution >= 4 is 17.7 Å². The molecule has 3 rings (SSSR count). The molecule has 27 heavy (non-hydrogen) atoms. The summed E-state index contributed by atoms with van der Waals surface area (Å²) in [6.45, 7) is 9.63. The molecule has 8 nitrogen and oxygen atoms in total. The summed E-state index contributed by atoms with van der Waals surface area (Å²) < 4.78 is 6.77. The highest BCUT2D eigenvalue weighted by Gasteiger charge is 2.30. The first kappa shape index (κ1) is 19.3. The van der Waals surface area contributed by atoms with Gasteiger partial charge in [0.25, 0.3) is 17.5 Å². The second-order valence-electron chi connectivity index (χ2n) is 7.62. The lowest BCUT2D eigenvalue weighted by Gasteiger charge is -2.35. The van der Waals surface area contributed by atoms with Crippen LogP contribution in [-0.4, -0.2) is 43.6 Å². The number of nitrogens with one attached hydrogen (secondary N) is 1. The van der Waals surface area contributed by atoms with Gasteiger partial charge in [-0.3, -0.25) is 4.79 Å². The van der Waals surface area contributed by atoms with Gasteiger partial charge >= 0.3 is 5.97 Å². The molecule has 8 heteroatoms. The number of ether oxygens (including phenoxy) is 1. The van der Waals surface area contributed by atoms with Crippen LogP contribution >= 0.6 is 0 Å². The van der Waals surface area contributed by atoms with E-state index in [4.69, 9.17) is 4.74 Å². The fraction of sp³-hybridized carbons (Fsp3) is 0.632. The van der Waals surface area contributed by atoms with Gasteiger partial charge in [-0.1, -0.05) is 26.7 Å². The fourth-order valence-corrected chi connectivity index (χ4v) is 3.61. The summed E-state index contributed by atoms with van der Waals surface area (Å²) in [7, 11) is 0. The second-order valence-corrected chi connectivity index (χ2v) is 7.62. The largest absolute Gasteiger partial charge is 0.447 e. The minimum atomic E-state index is -0.913. The third-order valence-corrected chi connectivity index (χ3v) is 5.49. The minimum absolute atomic E-state index is 0.101. The van der Waals surface area contributed by atoms with E-state index in [0.29, 0.717) is 17.6 Å². The first-order chi connectivity index (χ1) is 12.8. The number of hydrogen-bond acceptors (Lipinski definition) is 6. The summed E-state index contributed by atoms with van der Waals surface area (Å²) in [4.78, 5) is 33.2. The summed E-state index contributed by atoms with van der Waals surface area (Å²) >= 11 is 0. The lowest BCUT2D eigenvalue weighted by Crippen LogP contribution is -2.47. The molecular weight excluding hydrogens is 346 g/mol. The van der Waals surface area contributed by atoms with Crippen molar-refractivity contribution in [2.75, 3.05) is 0 Å². The van der Waals surface area contributed by atoms with E-state index in [1.165, 1.54) is 10.9 Å². The molecule has 0 aromatic carbocycles. The molecule has 146 valence electrons. The van der Waals surface area contributed by atoms with Gasteiger partial charge in [-0.25, -0.2) is 14.3 Å². The summed E-state index contributed by atoms with van der Waals surface area (Å²) in [5, 5.41) is 7.16. The van der Waals surface area contributed by atoms with Crippen molar-refractivity contribution in [3.63, 3.8) is 0 Å². The van der Waals surface area contributed by atoms with E-state index in [0.717, 1.165) is 24.2 Å². The predicted molar refractivity (Wildman–Crippen MR) is 99.2 cm³/mol. The van der Waals surface area contributed by atoms with Gasteiger partial charge in [0.2, 0.25) is 0 Å². The summed E-state index contributed by atoms with van der Waals surface area (Å²) in [5.74, 6) is 0.192. The molecule has 0 saturated heterocycles. The number of carbonyl (C=O) groups is 2. The molecule has 4 atom stereocenters. The lowest BCUT2D eigenvalue weighted by molar-refractivity contribution is -0.130. The van der Waals surface area contributed by atoms with Crippen LogP contribution in [0.15, 0.2) is 6.07 Å². The second kappa shape index (κ2) is 7.62. The number of amides is 1. The molecule has 0 spiro atoms.